The van der Waals surface area contributed by atoms with Crippen LogP contribution in [0.15, 0.2) is 48.8 Å². The molecule has 29 heavy (non-hydrogen) atoms. The summed E-state index contributed by atoms with van der Waals surface area (Å²) in [4.78, 5) is 28.1. The molecule has 7 nitrogen and oxygen atoms in total. The molecule has 1 aromatic heterocycles. The lowest BCUT2D eigenvalue weighted by Gasteiger charge is -2.20. The van der Waals surface area contributed by atoms with Crippen LogP contribution in [0.3, 0.4) is 0 Å². The number of hydrogen-bond acceptors (Lipinski definition) is 5. The van der Waals surface area contributed by atoms with Crippen molar-refractivity contribution in [3.05, 3.63) is 82.9 Å². The van der Waals surface area contributed by atoms with Crippen molar-refractivity contribution in [1.29, 1.82) is 0 Å². The van der Waals surface area contributed by atoms with Crippen LogP contribution in [0.5, 0.6) is 0 Å². The zero-order valence-corrected chi connectivity index (χ0v) is 15.2. The molecule has 0 saturated heterocycles. The lowest BCUT2D eigenvalue weighted by molar-refractivity contribution is 0.0940. The second-order valence-corrected chi connectivity index (χ2v) is 6.30. The minimum atomic E-state index is -1.87. The van der Waals surface area contributed by atoms with Crippen molar-refractivity contribution in [3.8, 4) is 0 Å². The third-order valence-corrected chi connectivity index (χ3v) is 4.42. The maximum atomic E-state index is 14.4. The van der Waals surface area contributed by atoms with E-state index in [2.05, 4.69) is 10.3 Å². The number of halogens is 2. The zero-order valence-electron chi connectivity index (χ0n) is 15.2. The molecule has 1 atom stereocenters. The Bertz CT molecular complexity index is 1070. The minimum Gasteiger partial charge on any atom is -0.423 e. The third-order valence-electron chi connectivity index (χ3n) is 4.42. The van der Waals surface area contributed by atoms with E-state index in [0.29, 0.717) is 18.2 Å². The summed E-state index contributed by atoms with van der Waals surface area (Å²) in [5.41, 5.74) is -0.0822. The molecule has 0 aliphatic rings. The van der Waals surface area contributed by atoms with Crippen molar-refractivity contribution in [2.24, 2.45) is 7.05 Å². The predicted molar refractivity (Wildman–Crippen MR) is 101 cm³/mol. The third kappa shape index (κ3) is 4.23. The van der Waals surface area contributed by atoms with Gasteiger partial charge in [0.25, 0.3) is 5.91 Å². The molecule has 3 rings (SSSR count). The molecule has 0 radical (unpaired) electrons. The molecule has 0 fully saturated rings. The number of rotatable bonds is 6. The molecule has 0 aliphatic heterocycles. The minimum absolute atomic E-state index is 0.00654. The Kier molecular flexibility index (Phi) is 5.85. The second-order valence-electron chi connectivity index (χ2n) is 6.30. The molecular weight excluding hydrogens is 383 g/mol. The normalized spacial score (nSPS) is 11.8. The number of carbonyl (C=O) groups is 2. The molecule has 1 unspecified atom stereocenters. The van der Waals surface area contributed by atoms with Gasteiger partial charge >= 0.3 is 7.12 Å². The summed E-state index contributed by atoms with van der Waals surface area (Å²) in [6.45, 7) is 0. The first kappa shape index (κ1) is 20.4. The van der Waals surface area contributed by atoms with Crippen LogP contribution >= 0.6 is 0 Å². The van der Waals surface area contributed by atoms with Crippen LogP contribution in [0.2, 0.25) is 0 Å². The molecule has 3 aromatic rings. The van der Waals surface area contributed by atoms with E-state index in [9.17, 15) is 28.4 Å². The molecular formula is C19H16BF2N3O4. The Balaban J connectivity index is 1.99. The average molecular weight is 399 g/mol. The number of nitrogens with one attached hydrogen (secondary N) is 1. The summed E-state index contributed by atoms with van der Waals surface area (Å²) < 4.78 is 29.3. The number of benzene rings is 2. The number of hydrogen-bond donors (Lipinski definition) is 3. The highest BCUT2D eigenvalue weighted by Crippen LogP contribution is 2.24. The Hall–Kier alpha value is -3.37. The van der Waals surface area contributed by atoms with Crippen LogP contribution in [-0.2, 0) is 7.05 Å². The van der Waals surface area contributed by atoms with Gasteiger partial charge in [0.05, 0.1) is 0 Å². The second kappa shape index (κ2) is 8.33. The topological polar surface area (TPSA) is 104 Å². The smallest absolute Gasteiger partial charge is 0.423 e. The molecule has 10 heteroatoms. The van der Waals surface area contributed by atoms with Crippen LogP contribution in [0.1, 0.15) is 38.1 Å². The predicted octanol–water partition coefficient (Wildman–Crippen LogP) is 0.710. The van der Waals surface area contributed by atoms with Gasteiger partial charge in [0.1, 0.15) is 29.8 Å². The summed E-state index contributed by atoms with van der Waals surface area (Å²) in [5.74, 6) is -1.97. The van der Waals surface area contributed by atoms with Crippen molar-refractivity contribution in [1.82, 2.24) is 14.9 Å². The molecule has 0 aliphatic carbocycles. The van der Waals surface area contributed by atoms with Gasteiger partial charge in [-0.25, -0.2) is 13.8 Å². The molecule has 1 amide bonds. The summed E-state index contributed by atoms with van der Waals surface area (Å²) in [5, 5.41) is 21.2. The number of aryl methyl sites for hydroxylation is 1. The number of aldehydes is 1. The standard InChI is InChI=1S/C19H16BF2N3O4/c1-25-7-6-23-18(25)17(14-4-3-13(21)9-16(14)22)24-19(27)11-2-5-15(20(28)29)12(8-11)10-26/h2-10,17,28-29H,1H3,(H,24,27). The summed E-state index contributed by atoms with van der Waals surface area (Å²) in [6, 6.07) is 5.68. The van der Waals surface area contributed by atoms with Gasteiger partial charge in [-0.3, -0.25) is 9.59 Å². The van der Waals surface area contributed by atoms with Crippen LogP contribution in [0.4, 0.5) is 8.78 Å². The van der Waals surface area contributed by atoms with Crippen molar-refractivity contribution >= 4 is 24.8 Å². The van der Waals surface area contributed by atoms with Gasteiger partial charge in [-0.1, -0.05) is 12.1 Å². The lowest BCUT2D eigenvalue weighted by atomic mass is 9.77. The summed E-state index contributed by atoms with van der Waals surface area (Å²) in [7, 11) is -0.217. The first-order valence-corrected chi connectivity index (χ1v) is 8.50. The fraction of sp³-hybridized carbons (Fsp3) is 0.105. The van der Waals surface area contributed by atoms with Gasteiger partial charge in [-0.05, 0) is 23.7 Å². The molecule has 3 N–H and O–H groups in total. The maximum absolute atomic E-state index is 14.4. The van der Waals surface area contributed by atoms with Crippen LogP contribution in [-0.4, -0.2) is 38.9 Å². The Morgan fingerprint density at radius 3 is 2.59 bits per heavy atom. The fourth-order valence-electron chi connectivity index (χ4n) is 2.94. The van der Waals surface area contributed by atoms with Crippen molar-refractivity contribution in [2.75, 3.05) is 0 Å². The first-order chi connectivity index (χ1) is 13.8. The van der Waals surface area contributed by atoms with Crippen molar-refractivity contribution in [3.63, 3.8) is 0 Å². The highest BCUT2D eigenvalue weighted by Gasteiger charge is 2.25. The van der Waals surface area contributed by atoms with Gasteiger partial charge < -0.3 is 19.9 Å². The Morgan fingerprint density at radius 1 is 1.24 bits per heavy atom. The molecule has 0 bridgehead atoms. The van der Waals surface area contributed by atoms with Crippen LogP contribution < -0.4 is 10.8 Å². The van der Waals surface area contributed by atoms with Gasteiger partial charge in [-0.2, -0.15) is 0 Å². The molecule has 2 aromatic carbocycles. The van der Waals surface area contributed by atoms with Gasteiger partial charge in [0.15, 0.2) is 0 Å². The van der Waals surface area contributed by atoms with Gasteiger partial charge in [0, 0.05) is 42.2 Å². The van der Waals surface area contributed by atoms with E-state index in [4.69, 9.17) is 0 Å². The Labute approximate surface area is 164 Å². The number of aromatic nitrogens is 2. The number of carbonyl (C=O) groups excluding carboxylic acids is 2. The van der Waals surface area contributed by atoms with E-state index in [1.807, 2.05) is 0 Å². The average Bonchev–Trinajstić information content (AvgIpc) is 3.11. The fourth-order valence-corrected chi connectivity index (χ4v) is 2.94. The largest absolute Gasteiger partial charge is 0.489 e. The van der Waals surface area contributed by atoms with Crippen molar-refractivity contribution < 1.29 is 28.4 Å². The van der Waals surface area contributed by atoms with Crippen molar-refractivity contribution in [2.45, 2.75) is 6.04 Å². The number of amides is 1. The highest BCUT2D eigenvalue weighted by molar-refractivity contribution is 6.60. The maximum Gasteiger partial charge on any atom is 0.489 e. The SMILES string of the molecule is Cn1ccnc1C(NC(=O)c1ccc(B(O)O)c(C=O)c1)c1ccc(F)cc1F. The molecule has 148 valence electrons. The zero-order chi connectivity index (χ0) is 21.1. The monoisotopic (exact) mass is 399 g/mol. The van der Waals surface area contributed by atoms with Gasteiger partial charge in [0.2, 0.25) is 0 Å². The van der Waals surface area contributed by atoms with E-state index in [1.54, 1.807) is 17.8 Å². The van der Waals surface area contributed by atoms with E-state index in [1.165, 1.54) is 30.5 Å². The number of imidazole rings is 1. The summed E-state index contributed by atoms with van der Waals surface area (Å²) >= 11 is 0. The van der Waals surface area contributed by atoms with E-state index in [0.717, 1.165) is 6.07 Å². The first-order valence-electron chi connectivity index (χ1n) is 8.50. The van der Waals surface area contributed by atoms with E-state index >= 15 is 0 Å². The molecule has 0 saturated carbocycles. The Morgan fingerprint density at radius 2 is 2.00 bits per heavy atom. The lowest BCUT2D eigenvalue weighted by Crippen LogP contribution is -2.35. The quantitative estimate of drug-likeness (QED) is 0.419. The summed E-state index contributed by atoms with van der Waals surface area (Å²) in [6.07, 6.45) is 3.47. The van der Waals surface area contributed by atoms with E-state index < -0.39 is 30.7 Å². The van der Waals surface area contributed by atoms with Crippen LogP contribution in [0, 0.1) is 11.6 Å². The van der Waals surface area contributed by atoms with Gasteiger partial charge in [-0.15, -0.1) is 0 Å². The highest BCUT2D eigenvalue weighted by atomic mass is 19.1. The molecule has 0 spiro atoms. The number of nitrogens with zero attached hydrogens (tertiary/aromatic N) is 2. The van der Waals surface area contributed by atoms with Crippen LogP contribution in [0.25, 0.3) is 0 Å². The van der Waals surface area contributed by atoms with E-state index in [-0.39, 0.29) is 22.2 Å². The molecule has 1 heterocycles.